The highest BCUT2D eigenvalue weighted by Gasteiger charge is 2.28. The highest BCUT2D eigenvalue weighted by Crippen LogP contribution is 2.05. The maximum absolute atomic E-state index is 12.1. The van der Waals surface area contributed by atoms with Gasteiger partial charge in [0.2, 0.25) is 11.8 Å². The Labute approximate surface area is 122 Å². The van der Waals surface area contributed by atoms with Crippen molar-refractivity contribution in [3.63, 3.8) is 0 Å². The van der Waals surface area contributed by atoms with Gasteiger partial charge in [-0.25, -0.2) is 4.79 Å². The molecule has 0 aliphatic rings. The summed E-state index contributed by atoms with van der Waals surface area (Å²) in [5.74, 6) is -3.63. The van der Waals surface area contributed by atoms with Gasteiger partial charge < -0.3 is 20.8 Å². The van der Waals surface area contributed by atoms with E-state index in [1.165, 1.54) is 0 Å². The Bertz CT molecular complexity index is 407. The van der Waals surface area contributed by atoms with Crippen molar-refractivity contribution in [1.82, 2.24) is 10.6 Å². The Hall–Kier alpha value is -2.12. The van der Waals surface area contributed by atoms with Gasteiger partial charge >= 0.3 is 11.9 Å². The van der Waals surface area contributed by atoms with E-state index < -0.39 is 29.9 Å². The van der Waals surface area contributed by atoms with Crippen molar-refractivity contribution in [2.75, 3.05) is 0 Å². The van der Waals surface area contributed by atoms with E-state index in [1.807, 2.05) is 0 Å². The number of rotatable bonds is 9. The zero-order valence-electron chi connectivity index (χ0n) is 12.4. The molecule has 0 rings (SSSR count). The molecule has 0 spiro atoms. The van der Waals surface area contributed by atoms with Crippen LogP contribution in [-0.2, 0) is 19.2 Å². The van der Waals surface area contributed by atoms with E-state index in [-0.39, 0.29) is 31.1 Å². The van der Waals surface area contributed by atoms with E-state index >= 15 is 0 Å². The molecule has 0 fully saturated rings. The minimum Gasteiger partial charge on any atom is -0.481 e. The van der Waals surface area contributed by atoms with Crippen LogP contribution in [0.25, 0.3) is 0 Å². The van der Waals surface area contributed by atoms with Crippen LogP contribution in [0.2, 0.25) is 0 Å². The number of carboxylic acid groups (broad SMARTS) is 2. The van der Waals surface area contributed by atoms with Crippen LogP contribution in [0.5, 0.6) is 0 Å². The molecule has 120 valence electrons. The highest BCUT2D eigenvalue weighted by molar-refractivity contribution is 5.90. The van der Waals surface area contributed by atoms with Crippen molar-refractivity contribution >= 4 is 23.8 Å². The first-order chi connectivity index (χ1) is 9.68. The van der Waals surface area contributed by atoms with Crippen molar-refractivity contribution < 1.29 is 29.4 Å². The Morgan fingerprint density at radius 2 is 1.62 bits per heavy atom. The number of amides is 2. The fourth-order valence-electron chi connectivity index (χ4n) is 1.60. The predicted molar refractivity (Wildman–Crippen MR) is 73.5 cm³/mol. The van der Waals surface area contributed by atoms with Gasteiger partial charge in [-0.3, -0.25) is 14.4 Å². The lowest BCUT2D eigenvalue weighted by Gasteiger charge is -2.23. The standard InChI is InChI=1S/C13H22N2O6/c1-4-9(16)15-11(7(2)3)12(19)14-8(13(20)21)5-6-10(17)18/h7-8,11H,4-6H2,1-3H3,(H,14,19)(H,15,16)(H,17,18)(H,20,21). The van der Waals surface area contributed by atoms with Crippen LogP contribution in [0.3, 0.4) is 0 Å². The lowest BCUT2D eigenvalue weighted by molar-refractivity contribution is -0.143. The average Bonchev–Trinajstić information content (AvgIpc) is 2.38. The lowest BCUT2D eigenvalue weighted by Crippen LogP contribution is -2.53. The fourth-order valence-corrected chi connectivity index (χ4v) is 1.60. The molecule has 0 bridgehead atoms. The second-order valence-electron chi connectivity index (χ2n) is 4.97. The quantitative estimate of drug-likeness (QED) is 0.473. The Balaban J connectivity index is 4.79. The molecular formula is C13H22N2O6. The molecule has 0 heterocycles. The van der Waals surface area contributed by atoms with Gasteiger partial charge in [0.1, 0.15) is 12.1 Å². The van der Waals surface area contributed by atoms with Gasteiger partial charge in [-0.05, 0) is 12.3 Å². The molecule has 21 heavy (non-hydrogen) atoms. The Morgan fingerprint density at radius 1 is 1.05 bits per heavy atom. The molecule has 2 unspecified atom stereocenters. The third-order valence-electron chi connectivity index (χ3n) is 2.85. The second-order valence-corrected chi connectivity index (χ2v) is 4.97. The highest BCUT2D eigenvalue weighted by atomic mass is 16.4. The zero-order chi connectivity index (χ0) is 16.6. The van der Waals surface area contributed by atoms with Crippen molar-refractivity contribution in [3.05, 3.63) is 0 Å². The largest absolute Gasteiger partial charge is 0.481 e. The molecule has 0 saturated carbocycles. The van der Waals surface area contributed by atoms with Crippen LogP contribution in [0.1, 0.15) is 40.0 Å². The van der Waals surface area contributed by atoms with Crippen molar-refractivity contribution in [2.24, 2.45) is 5.92 Å². The number of aliphatic carboxylic acids is 2. The van der Waals surface area contributed by atoms with Crippen LogP contribution < -0.4 is 10.6 Å². The van der Waals surface area contributed by atoms with Gasteiger partial charge in [0, 0.05) is 12.8 Å². The summed E-state index contributed by atoms with van der Waals surface area (Å²) >= 11 is 0. The van der Waals surface area contributed by atoms with E-state index in [0.717, 1.165) is 0 Å². The number of hydrogen-bond acceptors (Lipinski definition) is 4. The van der Waals surface area contributed by atoms with Crippen molar-refractivity contribution in [2.45, 2.75) is 52.1 Å². The normalized spacial score (nSPS) is 13.3. The summed E-state index contributed by atoms with van der Waals surface area (Å²) in [4.78, 5) is 44.9. The van der Waals surface area contributed by atoms with Crippen LogP contribution in [-0.4, -0.2) is 46.0 Å². The minimum absolute atomic E-state index is 0.206. The Kier molecular flexibility index (Phi) is 8.03. The molecule has 0 aromatic rings. The van der Waals surface area contributed by atoms with Crippen LogP contribution in [0, 0.1) is 5.92 Å². The van der Waals surface area contributed by atoms with Gasteiger partial charge in [0.25, 0.3) is 0 Å². The number of carbonyl (C=O) groups excluding carboxylic acids is 2. The van der Waals surface area contributed by atoms with Crippen molar-refractivity contribution in [1.29, 1.82) is 0 Å². The first kappa shape index (κ1) is 18.9. The molecule has 0 saturated heterocycles. The van der Waals surface area contributed by atoms with Crippen molar-refractivity contribution in [3.8, 4) is 0 Å². The molecule has 2 amide bonds. The lowest BCUT2D eigenvalue weighted by atomic mass is 10.0. The maximum atomic E-state index is 12.1. The molecule has 4 N–H and O–H groups in total. The number of carbonyl (C=O) groups is 4. The monoisotopic (exact) mass is 302 g/mol. The molecule has 2 atom stereocenters. The summed E-state index contributed by atoms with van der Waals surface area (Å²) in [5.41, 5.74) is 0. The van der Waals surface area contributed by atoms with E-state index in [4.69, 9.17) is 10.2 Å². The molecule has 8 heteroatoms. The van der Waals surface area contributed by atoms with Gasteiger partial charge in [-0.15, -0.1) is 0 Å². The summed E-state index contributed by atoms with van der Waals surface area (Å²) in [5, 5.41) is 22.3. The first-order valence-electron chi connectivity index (χ1n) is 6.73. The van der Waals surface area contributed by atoms with Gasteiger partial charge in [0.05, 0.1) is 0 Å². The van der Waals surface area contributed by atoms with E-state index in [1.54, 1.807) is 20.8 Å². The van der Waals surface area contributed by atoms with E-state index in [9.17, 15) is 19.2 Å². The van der Waals surface area contributed by atoms with Crippen LogP contribution >= 0.6 is 0 Å². The van der Waals surface area contributed by atoms with Gasteiger partial charge in [-0.1, -0.05) is 20.8 Å². The second kappa shape index (κ2) is 8.93. The van der Waals surface area contributed by atoms with Gasteiger partial charge in [0.15, 0.2) is 0 Å². The number of carboxylic acids is 2. The zero-order valence-corrected chi connectivity index (χ0v) is 12.4. The molecule has 0 radical (unpaired) electrons. The number of hydrogen-bond donors (Lipinski definition) is 4. The Morgan fingerprint density at radius 3 is 2.00 bits per heavy atom. The summed E-state index contributed by atoms with van der Waals surface area (Å²) in [6.07, 6.45) is -0.383. The SMILES string of the molecule is CCC(=O)NC(C(=O)NC(CCC(=O)O)C(=O)O)C(C)C. The molecule has 0 aliphatic heterocycles. The molecule has 0 aromatic heterocycles. The summed E-state index contributed by atoms with van der Waals surface area (Å²) in [7, 11) is 0. The molecule has 0 aliphatic carbocycles. The smallest absolute Gasteiger partial charge is 0.326 e. The van der Waals surface area contributed by atoms with E-state index in [0.29, 0.717) is 0 Å². The summed E-state index contributed by atoms with van der Waals surface area (Å²) in [6.45, 7) is 5.07. The van der Waals surface area contributed by atoms with Gasteiger partial charge in [-0.2, -0.15) is 0 Å². The topological polar surface area (TPSA) is 133 Å². The molecule has 0 aromatic carbocycles. The average molecular weight is 302 g/mol. The maximum Gasteiger partial charge on any atom is 0.326 e. The molecule has 8 nitrogen and oxygen atoms in total. The third kappa shape index (κ3) is 7.28. The number of nitrogens with one attached hydrogen (secondary N) is 2. The molecular weight excluding hydrogens is 280 g/mol. The minimum atomic E-state index is -1.31. The summed E-state index contributed by atoms with van der Waals surface area (Å²) in [6, 6.07) is -2.16. The predicted octanol–water partition coefficient (Wildman–Crippen LogP) is -0.0286. The van der Waals surface area contributed by atoms with E-state index in [2.05, 4.69) is 10.6 Å². The van der Waals surface area contributed by atoms with Crippen LogP contribution in [0.4, 0.5) is 0 Å². The first-order valence-corrected chi connectivity index (χ1v) is 6.73. The summed E-state index contributed by atoms with van der Waals surface area (Å²) < 4.78 is 0. The fraction of sp³-hybridized carbons (Fsp3) is 0.692. The van der Waals surface area contributed by atoms with Crippen LogP contribution in [0.15, 0.2) is 0 Å². The third-order valence-corrected chi connectivity index (χ3v) is 2.85.